The summed E-state index contributed by atoms with van der Waals surface area (Å²) in [6.07, 6.45) is 0. The molecule has 7 nitrogen and oxygen atoms in total. The highest BCUT2D eigenvalue weighted by Crippen LogP contribution is 2.23. The van der Waals surface area contributed by atoms with Crippen molar-refractivity contribution in [2.75, 3.05) is 19.6 Å². The van der Waals surface area contributed by atoms with Gasteiger partial charge in [0, 0.05) is 17.6 Å². The van der Waals surface area contributed by atoms with Crippen molar-refractivity contribution in [3.8, 4) is 5.75 Å². The van der Waals surface area contributed by atoms with Gasteiger partial charge in [-0.1, -0.05) is 22.0 Å². The van der Waals surface area contributed by atoms with Crippen LogP contribution in [-0.2, 0) is 14.8 Å². The van der Waals surface area contributed by atoms with Crippen molar-refractivity contribution >= 4 is 37.8 Å². The average molecular weight is 457 g/mol. The molecule has 27 heavy (non-hydrogen) atoms. The number of rotatable bonds is 4. The normalized spacial score (nSPS) is 15.3. The first-order valence-corrected chi connectivity index (χ1v) is 10.0. The largest absolute Gasteiger partial charge is 0.420 e. The summed E-state index contributed by atoms with van der Waals surface area (Å²) in [5.74, 6) is -2.30. The van der Waals surface area contributed by atoms with Gasteiger partial charge in [0.25, 0.3) is 0 Å². The quantitative estimate of drug-likeness (QED) is 0.560. The summed E-state index contributed by atoms with van der Waals surface area (Å²) in [7, 11) is -3.95. The van der Waals surface area contributed by atoms with Crippen LogP contribution >= 0.6 is 15.9 Å². The third kappa shape index (κ3) is 4.34. The molecule has 0 saturated carbocycles. The Morgan fingerprint density at radius 2 is 2.00 bits per heavy atom. The zero-order valence-corrected chi connectivity index (χ0v) is 16.2. The highest BCUT2D eigenvalue weighted by molar-refractivity contribution is 9.10. The number of benzene rings is 2. The molecule has 0 bridgehead atoms. The maximum Gasteiger partial charge on any atom is 0.343 e. The molecule has 1 fully saturated rings. The molecule has 0 aromatic heterocycles. The van der Waals surface area contributed by atoms with E-state index < -0.39 is 27.7 Å². The minimum absolute atomic E-state index is 0.0557. The first kappa shape index (κ1) is 19.5. The number of amides is 1. The lowest BCUT2D eigenvalue weighted by molar-refractivity contribution is -0.122. The molecule has 1 aliphatic rings. The van der Waals surface area contributed by atoms with Crippen LogP contribution in [0.1, 0.15) is 10.4 Å². The SMILES string of the molecule is O=C1CN(S(=O)(=O)c2cccc(C(=O)Oc3ccc(Br)cc3F)c2)CCN1. The van der Waals surface area contributed by atoms with Gasteiger partial charge in [-0.15, -0.1) is 0 Å². The lowest BCUT2D eigenvalue weighted by atomic mass is 10.2. The van der Waals surface area contributed by atoms with Gasteiger partial charge >= 0.3 is 5.97 Å². The maximum atomic E-state index is 13.8. The molecule has 1 N–H and O–H groups in total. The van der Waals surface area contributed by atoms with Crippen LogP contribution in [0, 0.1) is 5.82 Å². The number of halogens is 2. The predicted molar refractivity (Wildman–Crippen MR) is 97.3 cm³/mol. The van der Waals surface area contributed by atoms with E-state index in [9.17, 15) is 22.4 Å². The van der Waals surface area contributed by atoms with Crippen LogP contribution in [0.15, 0.2) is 51.8 Å². The zero-order valence-electron chi connectivity index (χ0n) is 13.8. The molecule has 0 unspecified atom stereocenters. The van der Waals surface area contributed by atoms with Crippen molar-refractivity contribution in [1.82, 2.24) is 9.62 Å². The summed E-state index contributed by atoms with van der Waals surface area (Å²) >= 11 is 3.10. The fourth-order valence-electron chi connectivity index (χ4n) is 2.47. The molecule has 142 valence electrons. The van der Waals surface area contributed by atoms with E-state index in [1.807, 2.05) is 0 Å². The standard InChI is InChI=1S/C17H14BrFN2O5S/c18-12-4-5-15(14(19)9-12)26-17(23)11-2-1-3-13(8-11)27(24,25)21-7-6-20-16(22)10-21/h1-5,8-9H,6-7,10H2,(H,20,22). The van der Waals surface area contributed by atoms with Crippen LogP contribution < -0.4 is 10.1 Å². The lowest BCUT2D eigenvalue weighted by Gasteiger charge is -2.26. The minimum Gasteiger partial charge on any atom is -0.420 e. The second kappa shape index (κ2) is 7.75. The van der Waals surface area contributed by atoms with E-state index in [1.165, 1.54) is 30.3 Å². The molecule has 0 aliphatic carbocycles. The van der Waals surface area contributed by atoms with Crippen LogP contribution in [0.25, 0.3) is 0 Å². The summed E-state index contributed by atoms with van der Waals surface area (Å²) in [6, 6.07) is 9.13. The number of hydrogen-bond acceptors (Lipinski definition) is 5. The van der Waals surface area contributed by atoms with Crippen molar-refractivity contribution in [3.05, 3.63) is 58.3 Å². The Kier molecular flexibility index (Phi) is 5.59. The summed E-state index contributed by atoms with van der Waals surface area (Å²) in [4.78, 5) is 23.6. The number of ether oxygens (including phenoxy) is 1. The predicted octanol–water partition coefficient (Wildman–Crippen LogP) is 1.93. The van der Waals surface area contributed by atoms with Crippen molar-refractivity contribution < 1.29 is 27.1 Å². The highest BCUT2D eigenvalue weighted by atomic mass is 79.9. The number of sulfonamides is 1. The number of esters is 1. The maximum absolute atomic E-state index is 13.8. The molecule has 1 aliphatic heterocycles. The van der Waals surface area contributed by atoms with E-state index in [0.29, 0.717) is 4.47 Å². The number of piperazine rings is 1. The first-order chi connectivity index (χ1) is 12.8. The van der Waals surface area contributed by atoms with E-state index in [1.54, 1.807) is 0 Å². The molecule has 0 spiro atoms. The van der Waals surface area contributed by atoms with E-state index in [2.05, 4.69) is 21.2 Å². The zero-order chi connectivity index (χ0) is 19.6. The summed E-state index contributed by atoms with van der Waals surface area (Å²) in [5, 5.41) is 2.54. The van der Waals surface area contributed by atoms with Gasteiger partial charge in [0.2, 0.25) is 15.9 Å². The van der Waals surface area contributed by atoms with Gasteiger partial charge in [-0.3, -0.25) is 4.79 Å². The first-order valence-electron chi connectivity index (χ1n) is 7.81. The lowest BCUT2D eigenvalue weighted by Crippen LogP contribution is -2.49. The monoisotopic (exact) mass is 456 g/mol. The Balaban J connectivity index is 1.84. The molecule has 0 atom stereocenters. The molecule has 2 aromatic carbocycles. The Morgan fingerprint density at radius 1 is 1.22 bits per heavy atom. The van der Waals surface area contributed by atoms with Crippen LogP contribution in [0.5, 0.6) is 5.75 Å². The molecular formula is C17H14BrFN2O5S. The second-order valence-electron chi connectivity index (χ2n) is 5.68. The molecular weight excluding hydrogens is 443 g/mol. The van der Waals surface area contributed by atoms with E-state index >= 15 is 0 Å². The molecule has 10 heteroatoms. The topological polar surface area (TPSA) is 92.8 Å². The van der Waals surface area contributed by atoms with Crippen LogP contribution in [0.4, 0.5) is 4.39 Å². The van der Waals surface area contributed by atoms with Crippen LogP contribution in [0.3, 0.4) is 0 Å². The van der Waals surface area contributed by atoms with Gasteiger partial charge in [-0.05, 0) is 36.4 Å². The fourth-order valence-corrected chi connectivity index (χ4v) is 4.25. The molecule has 0 radical (unpaired) electrons. The van der Waals surface area contributed by atoms with Crippen molar-refractivity contribution in [1.29, 1.82) is 0 Å². The number of nitrogens with zero attached hydrogens (tertiary/aromatic N) is 1. The van der Waals surface area contributed by atoms with Gasteiger partial charge in [-0.25, -0.2) is 17.6 Å². The smallest absolute Gasteiger partial charge is 0.343 e. The second-order valence-corrected chi connectivity index (χ2v) is 8.53. The Hall–Kier alpha value is -2.30. The highest BCUT2D eigenvalue weighted by Gasteiger charge is 2.29. The molecule has 3 rings (SSSR count). The van der Waals surface area contributed by atoms with Crippen molar-refractivity contribution in [3.63, 3.8) is 0 Å². The molecule has 1 heterocycles. The van der Waals surface area contributed by atoms with Gasteiger partial charge in [0.1, 0.15) is 0 Å². The van der Waals surface area contributed by atoms with Gasteiger partial charge < -0.3 is 10.1 Å². The van der Waals surface area contributed by atoms with E-state index in [0.717, 1.165) is 16.4 Å². The van der Waals surface area contributed by atoms with Crippen molar-refractivity contribution in [2.45, 2.75) is 4.90 Å². The fraction of sp³-hybridized carbons (Fsp3) is 0.176. The van der Waals surface area contributed by atoms with Gasteiger partial charge in [-0.2, -0.15) is 4.31 Å². The third-order valence-corrected chi connectivity index (χ3v) is 6.14. The van der Waals surface area contributed by atoms with Crippen molar-refractivity contribution in [2.24, 2.45) is 0 Å². The summed E-state index contributed by atoms with van der Waals surface area (Å²) in [5.41, 5.74) is -0.0557. The number of carbonyl (C=O) groups is 2. The Labute approximate surface area is 163 Å². The molecule has 1 amide bonds. The Morgan fingerprint density at radius 3 is 2.70 bits per heavy atom. The van der Waals surface area contributed by atoms with Gasteiger partial charge in [0.15, 0.2) is 11.6 Å². The molecule has 1 saturated heterocycles. The average Bonchev–Trinajstić information content (AvgIpc) is 2.64. The Bertz CT molecular complexity index is 1010. The molecule has 2 aromatic rings. The minimum atomic E-state index is -3.95. The van der Waals surface area contributed by atoms with E-state index in [4.69, 9.17) is 4.74 Å². The third-order valence-electron chi connectivity index (χ3n) is 3.81. The summed E-state index contributed by atoms with van der Waals surface area (Å²) in [6.45, 7) is 0.0522. The van der Waals surface area contributed by atoms with Gasteiger partial charge in [0.05, 0.1) is 17.0 Å². The van der Waals surface area contributed by atoms with Crippen LogP contribution in [-0.4, -0.2) is 44.2 Å². The summed E-state index contributed by atoms with van der Waals surface area (Å²) < 4.78 is 45.7. The van der Waals surface area contributed by atoms with E-state index in [-0.39, 0.29) is 35.8 Å². The number of hydrogen-bond donors (Lipinski definition) is 1. The number of nitrogens with one attached hydrogen (secondary N) is 1. The number of carbonyl (C=O) groups excluding carboxylic acids is 2. The van der Waals surface area contributed by atoms with Crippen LogP contribution in [0.2, 0.25) is 0 Å².